The molecule has 0 bridgehead atoms. The molecule has 31 heavy (non-hydrogen) atoms. The van der Waals surface area contributed by atoms with E-state index < -0.39 is 39.5 Å². The monoisotopic (exact) mass is 456 g/mol. The minimum absolute atomic E-state index is 0.0639. The first-order valence-corrected chi connectivity index (χ1v) is 12.4. The summed E-state index contributed by atoms with van der Waals surface area (Å²) in [6, 6.07) is 9.32. The van der Waals surface area contributed by atoms with Crippen molar-refractivity contribution in [2.24, 2.45) is 17.8 Å². The van der Waals surface area contributed by atoms with Crippen LogP contribution in [0, 0.1) is 17.8 Å². The highest BCUT2D eigenvalue weighted by Crippen LogP contribution is 2.29. The maximum absolute atomic E-state index is 13.0. The molecule has 2 atom stereocenters. The van der Waals surface area contributed by atoms with Gasteiger partial charge in [-0.05, 0) is 51.5 Å². The van der Waals surface area contributed by atoms with E-state index in [1.165, 1.54) is 0 Å². The predicted octanol–water partition coefficient (Wildman–Crippen LogP) is 4.11. The Morgan fingerprint density at radius 2 is 1.61 bits per heavy atom. The molecule has 0 saturated carbocycles. The van der Waals surface area contributed by atoms with Crippen LogP contribution in [0.5, 0.6) is 0 Å². The van der Waals surface area contributed by atoms with E-state index in [1.54, 1.807) is 20.8 Å². The fraction of sp³-hybridized carbons (Fsp3) is 0.652. The average Bonchev–Trinajstić information content (AvgIpc) is 2.63. The Morgan fingerprint density at radius 1 is 1.00 bits per heavy atom. The Labute approximate surface area is 186 Å². The molecule has 7 nitrogen and oxygen atoms in total. The molecule has 0 aromatic heterocycles. The first-order chi connectivity index (χ1) is 14.3. The minimum Gasteiger partial charge on any atom is -0.461 e. The van der Waals surface area contributed by atoms with E-state index in [2.05, 4.69) is 0 Å². The van der Waals surface area contributed by atoms with Crippen LogP contribution in [0.2, 0.25) is 0 Å². The van der Waals surface area contributed by atoms with Gasteiger partial charge in [-0.3, -0.25) is 13.8 Å². The van der Waals surface area contributed by atoms with Crippen molar-refractivity contribution in [2.45, 2.75) is 66.1 Å². The molecule has 0 N–H and O–H groups in total. The Bertz CT molecular complexity index is 795. The second-order valence-electron chi connectivity index (χ2n) is 9.14. The summed E-state index contributed by atoms with van der Waals surface area (Å²) in [5.41, 5.74) is 0.143. The molecule has 1 aromatic rings. The van der Waals surface area contributed by atoms with Crippen LogP contribution in [0.15, 0.2) is 30.3 Å². The highest BCUT2D eigenvalue weighted by atomic mass is 32.2. The molecule has 176 valence electrons. The van der Waals surface area contributed by atoms with E-state index in [0.717, 1.165) is 11.8 Å². The van der Waals surface area contributed by atoms with Gasteiger partial charge in [-0.15, -0.1) is 0 Å². The molecule has 0 aliphatic carbocycles. The molecule has 0 unspecified atom stereocenters. The fourth-order valence-corrected chi connectivity index (χ4v) is 3.56. The maximum atomic E-state index is 13.0. The van der Waals surface area contributed by atoms with E-state index in [9.17, 15) is 18.0 Å². The topological polar surface area (TPSA) is 96.0 Å². The van der Waals surface area contributed by atoms with E-state index in [4.69, 9.17) is 13.7 Å². The number of carbonyl (C=O) groups excluding carboxylic acids is 2. The van der Waals surface area contributed by atoms with Crippen molar-refractivity contribution >= 4 is 22.1 Å². The Balaban J connectivity index is 2.99. The molecule has 0 spiro atoms. The Morgan fingerprint density at radius 3 is 2.13 bits per heavy atom. The van der Waals surface area contributed by atoms with E-state index in [1.807, 2.05) is 44.2 Å². The lowest BCUT2D eigenvalue weighted by Crippen LogP contribution is -2.37. The lowest BCUT2D eigenvalue weighted by Gasteiger charge is -2.29. The SMILES string of the molecule is CC(C)C[C@@H](C(=O)OCc1ccccc1)[C@H](CCCOS(C)(=O)=O)C(=O)OC(C)(C)C. The number of benzene rings is 1. The molecular weight excluding hydrogens is 420 g/mol. The number of esters is 2. The van der Waals surface area contributed by atoms with Gasteiger partial charge in [-0.1, -0.05) is 44.2 Å². The summed E-state index contributed by atoms with van der Waals surface area (Å²) in [6.07, 6.45) is 1.96. The summed E-state index contributed by atoms with van der Waals surface area (Å²) in [4.78, 5) is 26.0. The van der Waals surface area contributed by atoms with Crippen LogP contribution in [0.25, 0.3) is 0 Å². The van der Waals surface area contributed by atoms with Crippen molar-refractivity contribution in [2.75, 3.05) is 12.9 Å². The molecule has 0 amide bonds. The van der Waals surface area contributed by atoms with Crippen LogP contribution in [0.4, 0.5) is 0 Å². The van der Waals surface area contributed by atoms with Gasteiger partial charge in [0.15, 0.2) is 0 Å². The van der Waals surface area contributed by atoms with Crippen molar-refractivity contribution in [3.05, 3.63) is 35.9 Å². The van der Waals surface area contributed by atoms with Crippen LogP contribution in [-0.2, 0) is 40.0 Å². The summed E-state index contributed by atoms with van der Waals surface area (Å²) >= 11 is 0. The summed E-state index contributed by atoms with van der Waals surface area (Å²) in [6.45, 7) is 9.28. The average molecular weight is 457 g/mol. The summed E-state index contributed by atoms with van der Waals surface area (Å²) in [7, 11) is -3.57. The fourth-order valence-electron chi connectivity index (χ4n) is 3.14. The molecule has 0 aliphatic rings. The zero-order chi connectivity index (χ0) is 23.7. The van der Waals surface area contributed by atoms with Gasteiger partial charge in [0.05, 0.1) is 24.7 Å². The van der Waals surface area contributed by atoms with Gasteiger partial charge < -0.3 is 9.47 Å². The highest BCUT2D eigenvalue weighted by molar-refractivity contribution is 7.85. The standard InChI is InChI=1S/C23H36O7S/c1-17(2)15-20(21(24)28-16-18-11-8-7-9-12-18)19(22(25)30-23(3,4)5)13-10-14-29-31(6,26)27/h7-9,11-12,17,19-20H,10,13-16H2,1-6H3/t19-,20+/m0/s1. The van der Waals surface area contributed by atoms with Gasteiger partial charge in [0.25, 0.3) is 10.1 Å². The summed E-state index contributed by atoms with van der Waals surface area (Å²) < 4.78 is 38.3. The largest absolute Gasteiger partial charge is 0.461 e. The van der Waals surface area contributed by atoms with E-state index >= 15 is 0 Å². The highest BCUT2D eigenvalue weighted by Gasteiger charge is 2.37. The molecule has 1 aromatic carbocycles. The molecule has 1 rings (SSSR count). The van der Waals surface area contributed by atoms with E-state index in [-0.39, 0.29) is 32.0 Å². The molecular formula is C23H36O7S. The Hall–Kier alpha value is -1.93. The molecule has 0 radical (unpaired) electrons. The van der Waals surface area contributed by atoms with Crippen molar-refractivity contribution in [3.8, 4) is 0 Å². The number of hydrogen-bond acceptors (Lipinski definition) is 7. The zero-order valence-electron chi connectivity index (χ0n) is 19.4. The third-order valence-corrected chi connectivity index (χ3v) is 5.00. The van der Waals surface area contributed by atoms with Gasteiger partial charge in [-0.2, -0.15) is 8.42 Å². The number of ether oxygens (including phenoxy) is 2. The zero-order valence-corrected chi connectivity index (χ0v) is 20.2. The lowest BCUT2D eigenvalue weighted by molar-refractivity contribution is -0.169. The maximum Gasteiger partial charge on any atom is 0.310 e. The first-order valence-electron chi connectivity index (χ1n) is 10.6. The van der Waals surface area contributed by atoms with Gasteiger partial charge in [0, 0.05) is 0 Å². The van der Waals surface area contributed by atoms with E-state index in [0.29, 0.717) is 6.42 Å². The second-order valence-corrected chi connectivity index (χ2v) is 10.8. The minimum atomic E-state index is -3.57. The first kappa shape index (κ1) is 27.1. The number of carbonyl (C=O) groups is 2. The molecule has 0 fully saturated rings. The predicted molar refractivity (Wildman–Crippen MR) is 119 cm³/mol. The van der Waals surface area contributed by atoms with Crippen molar-refractivity contribution in [3.63, 3.8) is 0 Å². The number of hydrogen-bond donors (Lipinski definition) is 0. The van der Waals surface area contributed by atoms with Gasteiger partial charge >= 0.3 is 11.9 Å². The van der Waals surface area contributed by atoms with Crippen molar-refractivity contribution < 1.29 is 31.7 Å². The molecule has 0 heterocycles. The van der Waals surface area contributed by atoms with Crippen molar-refractivity contribution in [1.82, 2.24) is 0 Å². The molecule has 8 heteroatoms. The van der Waals surface area contributed by atoms with Gasteiger partial charge in [0.1, 0.15) is 12.2 Å². The van der Waals surface area contributed by atoms with Gasteiger partial charge in [0.2, 0.25) is 0 Å². The van der Waals surface area contributed by atoms with Crippen LogP contribution < -0.4 is 0 Å². The molecule has 0 aliphatic heterocycles. The third-order valence-electron chi connectivity index (χ3n) is 4.40. The summed E-state index contributed by atoms with van der Waals surface area (Å²) in [5, 5.41) is 0. The Kier molecular flexibility index (Phi) is 10.7. The summed E-state index contributed by atoms with van der Waals surface area (Å²) in [5.74, 6) is -2.26. The van der Waals surface area contributed by atoms with Gasteiger partial charge in [-0.25, -0.2) is 0 Å². The number of rotatable bonds is 12. The third kappa shape index (κ3) is 11.9. The lowest BCUT2D eigenvalue weighted by atomic mass is 9.82. The van der Waals surface area contributed by atoms with Crippen LogP contribution in [0.3, 0.4) is 0 Å². The second kappa shape index (κ2) is 12.2. The van der Waals surface area contributed by atoms with Crippen LogP contribution in [0.1, 0.15) is 59.4 Å². The molecule has 0 saturated heterocycles. The smallest absolute Gasteiger partial charge is 0.310 e. The van der Waals surface area contributed by atoms with Crippen molar-refractivity contribution in [1.29, 1.82) is 0 Å². The van der Waals surface area contributed by atoms with Crippen LogP contribution >= 0.6 is 0 Å². The van der Waals surface area contributed by atoms with Crippen LogP contribution in [-0.4, -0.2) is 38.8 Å². The normalized spacial score (nSPS) is 14.2. The quantitative estimate of drug-likeness (QED) is 0.265.